The van der Waals surface area contributed by atoms with Gasteiger partial charge in [-0.3, -0.25) is 9.59 Å². The van der Waals surface area contributed by atoms with Crippen molar-refractivity contribution in [3.05, 3.63) is 63.2 Å². The van der Waals surface area contributed by atoms with Crippen molar-refractivity contribution in [1.82, 2.24) is 10.6 Å². The van der Waals surface area contributed by atoms with Gasteiger partial charge in [-0.2, -0.15) is 0 Å². The molecule has 0 aliphatic carbocycles. The van der Waals surface area contributed by atoms with Crippen molar-refractivity contribution in [2.75, 3.05) is 13.1 Å². The number of carbonyl (C=O) groups is 2. The maximum Gasteiger partial charge on any atom is 0.220 e. The summed E-state index contributed by atoms with van der Waals surface area (Å²) in [4.78, 5) is 25.2. The first-order chi connectivity index (χ1) is 21.0. The predicted molar refractivity (Wildman–Crippen MR) is 195 cm³/mol. The molecule has 258 valence electrons. The van der Waals surface area contributed by atoms with Crippen LogP contribution in [0.2, 0.25) is 0 Å². The second-order valence-electron chi connectivity index (χ2n) is 17.5. The lowest BCUT2D eigenvalue weighted by Crippen LogP contribution is -2.25. The zero-order valence-corrected chi connectivity index (χ0v) is 31.6. The van der Waals surface area contributed by atoms with E-state index < -0.39 is 0 Å². The third-order valence-corrected chi connectivity index (χ3v) is 8.90. The molecule has 5 nitrogen and oxygen atoms in total. The van der Waals surface area contributed by atoms with E-state index in [1.165, 1.54) is 22.3 Å². The maximum absolute atomic E-state index is 12.6. The Balaban J connectivity index is 1.71. The van der Waals surface area contributed by atoms with E-state index in [2.05, 4.69) is 125 Å². The highest BCUT2D eigenvalue weighted by atomic mass is 16.3. The van der Waals surface area contributed by atoms with Gasteiger partial charge in [0.1, 0.15) is 5.75 Å². The number of phenolic OH excluding ortho intramolecular Hbond substituents is 1. The van der Waals surface area contributed by atoms with E-state index in [0.29, 0.717) is 38.1 Å². The minimum Gasteiger partial charge on any atom is -0.507 e. The quantitative estimate of drug-likeness (QED) is 0.192. The molecule has 0 aromatic heterocycles. The number of hydrogen-bond acceptors (Lipinski definition) is 3. The Hall–Kier alpha value is -2.82. The molecular weight excluding hydrogens is 568 g/mol. The van der Waals surface area contributed by atoms with Gasteiger partial charge in [-0.25, -0.2) is 0 Å². The van der Waals surface area contributed by atoms with Crippen LogP contribution < -0.4 is 10.6 Å². The van der Waals surface area contributed by atoms with Gasteiger partial charge in [-0.05, 0) is 93.2 Å². The van der Waals surface area contributed by atoms with Crippen LogP contribution in [0.5, 0.6) is 5.75 Å². The third-order valence-electron chi connectivity index (χ3n) is 8.90. The van der Waals surface area contributed by atoms with Crippen LogP contribution in [0.4, 0.5) is 0 Å². The summed E-state index contributed by atoms with van der Waals surface area (Å²) in [7, 11) is 0. The van der Waals surface area contributed by atoms with Crippen molar-refractivity contribution in [1.29, 1.82) is 0 Å². The van der Waals surface area contributed by atoms with Gasteiger partial charge in [0, 0.05) is 25.9 Å². The Labute approximate surface area is 281 Å². The Morgan fingerprint density at radius 2 is 0.848 bits per heavy atom. The molecule has 0 saturated carbocycles. The molecule has 0 aliphatic heterocycles. The first-order valence-electron chi connectivity index (χ1n) is 17.6. The highest BCUT2D eigenvalue weighted by molar-refractivity contribution is 5.76. The summed E-state index contributed by atoms with van der Waals surface area (Å²) in [5, 5.41) is 17.1. The Morgan fingerprint density at radius 1 is 0.543 bits per heavy atom. The zero-order valence-electron chi connectivity index (χ0n) is 31.6. The number of amides is 2. The second kappa shape index (κ2) is 15.8. The van der Waals surface area contributed by atoms with Crippen LogP contribution in [-0.4, -0.2) is 30.0 Å². The van der Waals surface area contributed by atoms with Crippen LogP contribution in [0.15, 0.2) is 24.3 Å². The van der Waals surface area contributed by atoms with Gasteiger partial charge >= 0.3 is 0 Å². The van der Waals surface area contributed by atoms with E-state index in [0.717, 1.165) is 48.8 Å². The highest BCUT2D eigenvalue weighted by Gasteiger charge is 2.27. The minimum absolute atomic E-state index is 0.0614. The second-order valence-corrected chi connectivity index (χ2v) is 17.5. The van der Waals surface area contributed by atoms with E-state index >= 15 is 0 Å². The molecule has 0 fully saturated rings. The first-order valence-corrected chi connectivity index (χ1v) is 17.6. The maximum atomic E-state index is 12.6. The number of aryl methyl sites for hydroxylation is 2. The highest BCUT2D eigenvalue weighted by Crippen LogP contribution is 2.40. The summed E-state index contributed by atoms with van der Waals surface area (Å²) in [5.41, 5.74) is 8.06. The molecule has 2 rings (SSSR count). The number of unbranched alkanes of at least 4 members (excludes halogenated alkanes) is 3. The molecule has 0 atom stereocenters. The molecule has 46 heavy (non-hydrogen) atoms. The average molecular weight is 635 g/mol. The number of nitrogens with one attached hydrogen (secondary N) is 2. The minimum atomic E-state index is -0.181. The van der Waals surface area contributed by atoms with Crippen molar-refractivity contribution >= 4 is 11.8 Å². The smallest absolute Gasteiger partial charge is 0.220 e. The van der Waals surface area contributed by atoms with E-state index in [4.69, 9.17) is 0 Å². The van der Waals surface area contributed by atoms with Crippen molar-refractivity contribution in [3.8, 4) is 5.75 Å². The van der Waals surface area contributed by atoms with Gasteiger partial charge in [-0.15, -0.1) is 0 Å². The lowest BCUT2D eigenvalue weighted by Gasteiger charge is -2.30. The first kappa shape index (κ1) is 39.4. The van der Waals surface area contributed by atoms with E-state index in [1.807, 2.05) is 0 Å². The summed E-state index contributed by atoms with van der Waals surface area (Å²) in [6.45, 7) is 29.8. The normalized spacial score (nSPS) is 12.7. The number of rotatable bonds is 13. The Kier molecular flexibility index (Phi) is 13.6. The lowest BCUT2D eigenvalue weighted by molar-refractivity contribution is -0.121. The predicted octanol–water partition coefficient (Wildman–Crippen LogP) is 9.25. The van der Waals surface area contributed by atoms with Crippen LogP contribution in [0.25, 0.3) is 0 Å². The molecule has 2 aromatic carbocycles. The van der Waals surface area contributed by atoms with Gasteiger partial charge in [-0.1, -0.05) is 120 Å². The molecular formula is C41H66N2O3. The molecule has 0 unspecified atom stereocenters. The van der Waals surface area contributed by atoms with Gasteiger partial charge < -0.3 is 15.7 Å². The Morgan fingerprint density at radius 3 is 1.15 bits per heavy atom. The van der Waals surface area contributed by atoms with Crippen molar-refractivity contribution in [2.24, 2.45) is 0 Å². The SMILES string of the molecule is Cc1c(C(C)(C)C)cc(CCC(=O)NCCCCCCNC(=O)CCc2cc(C(C)(C)C)c(O)c(C(C)(C)C)c2)cc1C(C)(C)C. The van der Waals surface area contributed by atoms with Crippen LogP contribution in [0.1, 0.15) is 161 Å². The number of aromatic hydroxyl groups is 1. The monoisotopic (exact) mass is 635 g/mol. The molecule has 2 aromatic rings. The standard InChI is InChI=1S/C41H66N2O3/c1-28-31(38(2,3)4)24-29(25-32(28)39(5,6)7)18-20-35(44)42-22-16-14-15-17-23-43-36(45)21-19-30-26-33(40(8,9)10)37(46)34(27-30)41(11,12)13/h24-27,46H,14-23H2,1-13H3,(H,42,44)(H,43,45). The lowest BCUT2D eigenvalue weighted by atomic mass is 9.75. The fourth-order valence-corrected chi connectivity index (χ4v) is 6.21. The molecule has 0 radical (unpaired) electrons. The van der Waals surface area contributed by atoms with Gasteiger partial charge in [0.15, 0.2) is 0 Å². The molecule has 3 N–H and O–H groups in total. The molecule has 0 heterocycles. The number of hydrogen-bond donors (Lipinski definition) is 3. The molecule has 0 saturated heterocycles. The van der Waals surface area contributed by atoms with Gasteiger partial charge in [0.25, 0.3) is 0 Å². The fourth-order valence-electron chi connectivity index (χ4n) is 6.21. The number of phenols is 1. The topological polar surface area (TPSA) is 78.4 Å². The van der Waals surface area contributed by atoms with Crippen LogP contribution in [0, 0.1) is 6.92 Å². The van der Waals surface area contributed by atoms with Crippen molar-refractivity contribution in [2.45, 2.75) is 163 Å². The van der Waals surface area contributed by atoms with E-state index in [1.54, 1.807) is 0 Å². The summed E-state index contributed by atoms with van der Waals surface area (Å²) in [6.07, 6.45) is 6.25. The van der Waals surface area contributed by atoms with Crippen molar-refractivity contribution in [3.63, 3.8) is 0 Å². The third kappa shape index (κ3) is 12.1. The average Bonchev–Trinajstić information content (AvgIpc) is 2.90. The van der Waals surface area contributed by atoms with E-state index in [9.17, 15) is 14.7 Å². The van der Waals surface area contributed by atoms with Crippen LogP contribution in [0.3, 0.4) is 0 Å². The van der Waals surface area contributed by atoms with Gasteiger partial charge in [0.05, 0.1) is 0 Å². The van der Waals surface area contributed by atoms with Crippen molar-refractivity contribution < 1.29 is 14.7 Å². The van der Waals surface area contributed by atoms with E-state index in [-0.39, 0.29) is 33.5 Å². The number of benzene rings is 2. The number of carbonyl (C=O) groups excluding carboxylic acids is 2. The van der Waals surface area contributed by atoms with Crippen LogP contribution >= 0.6 is 0 Å². The Bertz CT molecular complexity index is 1150. The summed E-state index contributed by atoms with van der Waals surface area (Å²) in [6, 6.07) is 8.72. The summed E-state index contributed by atoms with van der Waals surface area (Å²) >= 11 is 0. The fraction of sp³-hybridized carbons (Fsp3) is 0.659. The van der Waals surface area contributed by atoms with Crippen LogP contribution in [-0.2, 0) is 44.1 Å². The molecule has 0 spiro atoms. The molecule has 0 bridgehead atoms. The largest absolute Gasteiger partial charge is 0.507 e. The molecule has 2 amide bonds. The molecule has 5 heteroatoms. The van der Waals surface area contributed by atoms with Gasteiger partial charge in [0.2, 0.25) is 11.8 Å². The zero-order chi connectivity index (χ0) is 35.1. The summed E-state index contributed by atoms with van der Waals surface area (Å²) in [5.74, 6) is 0.549. The molecule has 0 aliphatic rings. The summed E-state index contributed by atoms with van der Waals surface area (Å²) < 4.78 is 0.